The fraction of sp³-hybridized carbons (Fsp3) is 0.435. The average Bonchev–Trinajstić information content (AvgIpc) is 3.15. The first kappa shape index (κ1) is 20.1. The number of benzene rings is 2. The van der Waals surface area contributed by atoms with Crippen LogP contribution in [0.5, 0.6) is 0 Å². The van der Waals surface area contributed by atoms with E-state index in [1.165, 1.54) is 0 Å². The molecule has 1 N–H and O–H groups in total. The molecule has 1 amide bonds. The predicted molar refractivity (Wildman–Crippen MR) is 113 cm³/mol. The molecule has 4 atom stereocenters. The Balaban J connectivity index is 1.40. The average molecular weight is 413 g/mol. The molecule has 1 aliphatic carbocycles. The summed E-state index contributed by atoms with van der Waals surface area (Å²) in [7, 11) is -3.40. The lowest BCUT2D eigenvalue weighted by Crippen LogP contribution is -2.35. The topological polar surface area (TPSA) is 66.5 Å². The van der Waals surface area contributed by atoms with Crippen molar-refractivity contribution in [1.29, 1.82) is 0 Å². The van der Waals surface area contributed by atoms with Crippen LogP contribution in [0.4, 0.5) is 0 Å². The van der Waals surface area contributed by atoms with Crippen LogP contribution in [0, 0.1) is 17.8 Å². The summed E-state index contributed by atoms with van der Waals surface area (Å²) in [4.78, 5) is 14.7. The number of carbonyl (C=O) groups is 1. The van der Waals surface area contributed by atoms with E-state index in [0.29, 0.717) is 25.4 Å². The van der Waals surface area contributed by atoms with Gasteiger partial charge < -0.3 is 4.90 Å². The highest BCUT2D eigenvalue weighted by Crippen LogP contribution is 2.46. The first-order valence-electron chi connectivity index (χ1n) is 10.3. The van der Waals surface area contributed by atoms with Crippen molar-refractivity contribution < 1.29 is 13.2 Å². The van der Waals surface area contributed by atoms with Crippen molar-refractivity contribution in [2.45, 2.75) is 38.1 Å². The van der Waals surface area contributed by atoms with Crippen LogP contribution in [-0.4, -0.2) is 31.8 Å². The van der Waals surface area contributed by atoms with Gasteiger partial charge in [-0.3, -0.25) is 4.79 Å². The minimum atomic E-state index is -3.40. The minimum Gasteiger partial charge on any atom is -0.335 e. The second-order valence-corrected chi connectivity index (χ2v) is 10.2. The van der Waals surface area contributed by atoms with Gasteiger partial charge in [0.2, 0.25) is 15.9 Å². The summed E-state index contributed by atoms with van der Waals surface area (Å²) in [5, 5.41) is 0. The second kappa shape index (κ2) is 8.28. The Bertz CT molecular complexity index is 947. The molecule has 1 heterocycles. The van der Waals surface area contributed by atoms with E-state index in [2.05, 4.69) is 11.6 Å². The van der Waals surface area contributed by atoms with Gasteiger partial charge in [-0.15, -0.1) is 0 Å². The molecule has 0 bridgehead atoms. The molecule has 4 rings (SSSR count). The molecule has 0 aromatic heterocycles. The van der Waals surface area contributed by atoms with Gasteiger partial charge in [0.15, 0.2) is 0 Å². The standard InChI is InChI=1S/C23H28N2O3S/c1-17-12-22-20(13-23(26)25(22)15-18-8-4-2-5-9-18)21(17)14-24-29(27,28)16-19-10-6-3-7-11-19/h2-11,17,20-22,24H,12-16H2,1H3/t17-,20-,21+,22+/m0/s1. The number of hydrogen-bond donors (Lipinski definition) is 1. The molecule has 1 aliphatic heterocycles. The lowest BCUT2D eigenvalue weighted by atomic mass is 9.89. The maximum atomic E-state index is 12.7. The molecule has 1 saturated heterocycles. The Kier molecular flexibility index (Phi) is 5.74. The zero-order chi connectivity index (χ0) is 20.4. The number of carbonyl (C=O) groups excluding carboxylic acids is 1. The first-order valence-corrected chi connectivity index (χ1v) is 11.9. The van der Waals surface area contributed by atoms with Gasteiger partial charge in [-0.1, -0.05) is 67.6 Å². The lowest BCUT2D eigenvalue weighted by molar-refractivity contribution is -0.129. The number of fused-ring (bicyclic) bond motifs is 1. The van der Waals surface area contributed by atoms with Crippen LogP contribution in [0.2, 0.25) is 0 Å². The Morgan fingerprint density at radius 2 is 1.62 bits per heavy atom. The highest BCUT2D eigenvalue weighted by atomic mass is 32.2. The molecule has 2 aromatic rings. The number of likely N-dealkylation sites (tertiary alicyclic amines) is 1. The third-order valence-electron chi connectivity index (χ3n) is 6.45. The SMILES string of the molecule is C[C@H]1C[C@@H]2[C@@H](CC(=O)N2Cc2ccccc2)[C@@H]1CNS(=O)(=O)Cc1ccccc1. The second-order valence-electron chi connectivity index (χ2n) is 8.41. The summed E-state index contributed by atoms with van der Waals surface area (Å²) in [6.07, 6.45) is 1.46. The summed E-state index contributed by atoms with van der Waals surface area (Å²) >= 11 is 0. The molecule has 6 heteroatoms. The van der Waals surface area contributed by atoms with E-state index in [9.17, 15) is 13.2 Å². The molecule has 2 fully saturated rings. The maximum absolute atomic E-state index is 12.7. The first-order chi connectivity index (χ1) is 13.9. The molecule has 2 aromatic carbocycles. The van der Waals surface area contributed by atoms with Crippen LogP contribution in [0.1, 0.15) is 30.9 Å². The zero-order valence-corrected chi connectivity index (χ0v) is 17.5. The van der Waals surface area contributed by atoms with Crippen molar-refractivity contribution in [1.82, 2.24) is 9.62 Å². The van der Waals surface area contributed by atoms with Crippen molar-refractivity contribution >= 4 is 15.9 Å². The van der Waals surface area contributed by atoms with Crippen LogP contribution in [-0.2, 0) is 27.1 Å². The van der Waals surface area contributed by atoms with Crippen LogP contribution in [0.25, 0.3) is 0 Å². The van der Waals surface area contributed by atoms with Crippen molar-refractivity contribution in [2.75, 3.05) is 6.54 Å². The number of rotatable bonds is 7. The monoisotopic (exact) mass is 412 g/mol. The van der Waals surface area contributed by atoms with Crippen LogP contribution in [0.3, 0.4) is 0 Å². The molecule has 0 spiro atoms. The molecular weight excluding hydrogens is 384 g/mol. The van der Waals surface area contributed by atoms with Crippen LogP contribution in [0.15, 0.2) is 60.7 Å². The quantitative estimate of drug-likeness (QED) is 0.760. The summed E-state index contributed by atoms with van der Waals surface area (Å²) < 4.78 is 27.9. The number of hydrogen-bond acceptors (Lipinski definition) is 3. The largest absolute Gasteiger partial charge is 0.335 e. The highest BCUT2D eigenvalue weighted by molar-refractivity contribution is 7.88. The Hall–Kier alpha value is -2.18. The van der Waals surface area contributed by atoms with Crippen molar-refractivity contribution in [3.05, 3.63) is 71.8 Å². The third kappa shape index (κ3) is 4.54. The fourth-order valence-corrected chi connectivity index (χ4v) is 6.17. The minimum absolute atomic E-state index is 0.0118. The number of sulfonamides is 1. The van der Waals surface area contributed by atoms with E-state index in [-0.39, 0.29) is 29.5 Å². The predicted octanol–water partition coefficient (Wildman–Crippen LogP) is 3.18. The van der Waals surface area contributed by atoms with Gasteiger partial charge in [-0.2, -0.15) is 0 Å². The summed E-state index contributed by atoms with van der Waals surface area (Å²) in [6, 6.07) is 19.5. The van der Waals surface area contributed by atoms with Gasteiger partial charge in [0.25, 0.3) is 0 Å². The zero-order valence-electron chi connectivity index (χ0n) is 16.7. The van der Waals surface area contributed by atoms with Gasteiger partial charge >= 0.3 is 0 Å². The molecule has 0 radical (unpaired) electrons. The normalized spacial score (nSPS) is 26.7. The molecule has 2 aliphatic rings. The fourth-order valence-electron chi connectivity index (χ4n) is 4.99. The van der Waals surface area contributed by atoms with Crippen LogP contribution >= 0.6 is 0 Å². The Labute approximate surface area is 173 Å². The van der Waals surface area contributed by atoms with E-state index >= 15 is 0 Å². The number of amides is 1. The molecule has 5 nitrogen and oxygen atoms in total. The van der Waals surface area contributed by atoms with Gasteiger partial charge in [0, 0.05) is 25.6 Å². The van der Waals surface area contributed by atoms with Crippen LogP contribution < -0.4 is 4.72 Å². The summed E-state index contributed by atoms with van der Waals surface area (Å²) in [5.41, 5.74) is 1.92. The molecule has 1 saturated carbocycles. The highest BCUT2D eigenvalue weighted by Gasteiger charge is 2.50. The Morgan fingerprint density at radius 3 is 2.28 bits per heavy atom. The van der Waals surface area contributed by atoms with Gasteiger partial charge in [-0.25, -0.2) is 13.1 Å². The maximum Gasteiger partial charge on any atom is 0.223 e. The third-order valence-corrected chi connectivity index (χ3v) is 7.77. The van der Waals surface area contributed by atoms with Gasteiger partial charge in [0.1, 0.15) is 0 Å². The molecule has 0 unspecified atom stereocenters. The van der Waals surface area contributed by atoms with E-state index in [4.69, 9.17) is 0 Å². The van der Waals surface area contributed by atoms with Gasteiger partial charge in [-0.05, 0) is 35.3 Å². The summed E-state index contributed by atoms with van der Waals surface area (Å²) in [5.74, 6) is 0.974. The smallest absolute Gasteiger partial charge is 0.223 e. The van der Waals surface area contributed by atoms with Gasteiger partial charge in [0.05, 0.1) is 5.75 Å². The lowest BCUT2D eigenvalue weighted by Gasteiger charge is -2.24. The number of nitrogens with one attached hydrogen (secondary N) is 1. The van der Waals surface area contributed by atoms with E-state index < -0.39 is 10.0 Å². The van der Waals surface area contributed by atoms with E-state index in [1.807, 2.05) is 65.6 Å². The van der Waals surface area contributed by atoms with E-state index in [0.717, 1.165) is 17.5 Å². The molecule has 29 heavy (non-hydrogen) atoms. The number of nitrogens with zero attached hydrogens (tertiary/aromatic N) is 1. The van der Waals surface area contributed by atoms with Crippen molar-refractivity contribution in [3.63, 3.8) is 0 Å². The van der Waals surface area contributed by atoms with E-state index in [1.54, 1.807) is 0 Å². The molecule has 154 valence electrons. The molecular formula is C23H28N2O3S. The van der Waals surface area contributed by atoms with Crippen molar-refractivity contribution in [2.24, 2.45) is 17.8 Å². The Morgan fingerprint density at radius 1 is 1.00 bits per heavy atom. The van der Waals surface area contributed by atoms with Crippen molar-refractivity contribution in [3.8, 4) is 0 Å². The summed E-state index contributed by atoms with van der Waals surface area (Å²) in [6.45, 7) is 3.23.